The van der Waals surface area contributed by atoms with Gasteiger partial charge >= 0.3 is 0 Å². The first kappa shape index (κ1) is 16.1. The predicted molar refractivity (Wildman–Crippen MR) is 71.6 cm³/mol. The number of carbonyl (C=O) groups is 1. The largest absolute Gasteiger partial charge is 0.388 e. The Bertz CT molecular complexity index is 329. The molecule has 6 nitrogen and oxygen atoms in total. The lowest BCUT2D eigenvalue weighted by Gasteiger charge is -2.20. The van der Waals surface area contributed by atoms with Gasteiger partial charge in [0.05, 0.1) is 12.7 Å². The van der Waals surface area contributed by atoms with Crippen molar-refractivity contribution in [3.05, 3.63) is 12.2 Å². The van der Waals surface area contributed by atoms with E-state index in [0.717, 1.165) is 0 Å². The summed E-state index contributed by atoms with van der Waals surface area (Å²) < 4.78 is 10.9. The second kappa shape index (κ2) is 7.00. The third kappa shape index (κ3) is 6.15. The van der Waals surface area contributed by atoms with E-state index in [-0.39, 0.29) is 12.5 Å². The molecule has 1 aliphatic heterocycles. The second-order valence-corrected chi connectivity index (χ2v) is 5.34. The first-order chi connectivity index (χ1) is 8.80. The number of ether oxygens (including phenoxy) is 2. The zero-order valence-electron chi connectivity index (χ0n) is 12.0. The first-order valence-corrected chi connectivity index (χ1v) is 6.39. The van der Waals surface area contributed by atoms with E-state index in [1.165, 1.54) is 6.08 Å². The molecule has 0 aliphatic carbocycles. The smallest absolute Gasteiger partial charge is 0.243 e. The highest BCUT2D eigenvalue weighted by atomic mass is 16.7. The topological polar surface area (TPSA) is 71.0 Å². The lowest BCUT2D eigenvalue weighted by molar-refractivity contribution is -0.150. The molecule has 1 heterocycles. The molecule has 1 rings (SSSR count). The first-order valence-electron chi connectivity index (χ1n) is 6.39. The third-order valence-corrected chi connectivity index (χ3v) is 2.68. The van der Waals surface area contributed by atoms with E-state index in [1.807, 2.05) is 19.0 Å². The van der Waals surface area contributed by atoms with Gasteiger partial charge in [0, 0.05) is 19.2 Å². The second-order valence-electron chi connectivity index (χ2n) is 5.34. The summed E-state index contributed by atoms with van der Waals surface area (Å²) in [5.41, 5.74) is 0. The van der Waals surface area contributed by atoms with Crippen molar-refractivity contribution >= 4 is 5.91 Å². The highest BCUT2D eigenvalue weighted by molar-refractivity contribution is 5.87. The molecule has 0 saturated carbocycles. The standard InChI is InChI=1S/C13H24N2O4/c1-13(2)18-9-11(19-13)10(16)8-14-12(17)6-5-7-15(3)4/h5-6,10-11,16H,7-9H2,1-4H3,(H,14,17)/b6-5+/t10?,11-/m1/s1. The van der Waals surface area contributed by atoms with Crippen LogP contribution in [0.1, 0.15) is 13.8 Å². The van der Waals surface area contributed by atoms with Gasteiger partial charge in [-0.2, -0.15) is 0 Å². The van der Waals surface area contributed by atoms with Gasteiger partial charge in [-0.3, -0.25) is 4.79 Å². The molecule has 1 saturated heterocycles. The molecule has 1 unspecified atom stereocenters. The van der Waals surface area contributed by atoms with Crippen LogP contribution in [-0.4, -0.2) is 67.7 Å². The number of aliphatic hydroxyl groups excluding tert-OH is 1. The Balaban J connectivity index is 2.25. The number of likely N-dealkylation sites (N-methyl/N-ethyl adjacent to an activating group) is 1. The molecule has 0 aromatic rings. The van der Waals surface area contributed by atoms with Crippen LogP contribution in [0, 0.1) is 0 Å². The van der Waals surface area contributed by atoms with E-state index in [0.29, 0.717) is 13.2 Å². The molecular formula is C13H24N2O4. The summed E-state index contributed by atoms with van der Waals surface area (Å²) in [5.74, 6) is -0.888. The fraction of sp³-hybridized carbons (Fsp3) is 0.769. The van der Waals surface area contributed by atoms with Crippen molar-refractivity contribution in [3.8, 4) is 0 Å². The van der Waals surface area contributed by atoms with Gasteiger partial charge in [-0.25, -0.2) is 0 Å². The van der Waals surface area contributed by atoms with E-state index in [1.54, 1.807) is 19.9 Å². The number of rotatable bonds is 6. The van der Waals surface area contributed by atoms with Crippen molar-refractivity contribution in [1.29, 1.82) is 0 Å². The zero-order chi connectivity index (χ0) is 14.5. The van der Waals surface area contributed by atoms with Gasteiger partial charge in [-0.15, -0.1) is 0 Å². The SMILES string of the molecule is CN(C)C/C=C/C(=O)NCC(O)[C@H]1COC(C)(C)O1. The molecule has 2 N–H and O–H groups in total. The van der Waals surface area contributed by atoms with Crippen LogP contribution in [-0.2, 0) is 14.3 Å². The Morgan fingerprint density at radius 1 is 1.58 bits per heavy atom. The van der Waals surface area contributed by atoms with Crippen molar-refractivity contribution in [2.75, 3.05) is 33.8 Å². The molecule has 0 aromatic carbocycles. The summed E-state index contributed by atoms with van der Waals surface area (Å²) in [6.07, 6.45) is 2.05. The Kier molecular flexibility index (Phi) is 5.93. The lowest BCUT2D eigenvalue weighted by atomic mass is 10.2. The Morgan fingerprint density at radius 2 is 2.26 bits per heavy atom. The fourth-order valence-electron chi connectivity index (χ4n) is 1.67. The lowest BCUT2D eigenvalue weighted by Crippen LogP contribution is -2.40. The van der Waals surface area contributed by atoms with E-state index >= 15 is 0 Å². The maximum atomic E-state index is 11.5. The maximum absolute atomic E-state index is 11.5. The van der Waals surface area contributed by atoms with Gasteiger partial charge in [0.2, 0.25) is 5.91 Å². The van der Waals surface area contributed by atoms with Gasteiger partial charge in [0.1, 0.15) is 6.10 Å². The van der Waals surface area contributed by atoms with Gasteiger partial charge in [0.15, 0.2) is 5.79 Å². The maximum Gasteiger partial charge on any atom is 0.243 e. The van der Waals surface area contributed by atoms with Crippen molar-refractivity contribution in [2.45, 2.75) is 31.8 Å². The molecule has 6 heteroatoms. The average Bonchev–Trinajstić information content (AvgIpc) is 2.66. The molecule has 1 amide bonds. The molecule has 0 aromatic heterocycles. The number of aliphatic hydroxyl groups is 1. The van der Waals surface area contributed by atoms with Crippen LogP contribution in [0.2, 0.25) is 0 Å². The molecule has 0 bridgehead atoms. The van der Waals surface area contributed by atoms with Gasteiger partial charge in [-0.05, 0) is 27.9 Å². The highest BCUT2D eigenvalue weighted by Crippen LogP contribution is 2.23. The summed E-state index contributed by atoms with van der Waals surface area (Å²) in [4.78, 5) is 13.4. The Hall–Kier alpha value is -0.950. The zero-order valence-corrected chi connectivity index (χ0v) is 12.0. The molecule has 0 radical (unpaired) electrons. The summed E-state index contributed by atoms with van der Waals surface area (Å²) >= 11 is 0. The van der Waals surface area contributed by atoms with Crippen molar-refractivity contribution in [1.82, 2.24) is 10.2 Å². The normalized spacial score (nSPS) is 24.0. The molecular weight excluding hydrogens is 248 g/mol. The molecule has 1 fully saturated rings. The number of nitrogens with one attached hydrogen (secondary N) is 1. The van der Waals surface area contributed by atoms with E-state index in [4.69, 9.17) is 9.47 Å². The number of amides is 1. The van der Waals surface area contributed by atoms with Crippen molar-refractivity contribution in [3.63, 3.8) is 0 Å². The van der Waals surface area contributed by atoms with Crippen LogP contribution in [0.4, 0.5) is 0 Å². The Labute approximate surface area is 114 Å². The van der Waals surface area contributed by atoms with Crippen LogP contribution in [0.3, 0.4) is 0 Å². The predicted octanol–water partition coefficient (Wildman–Crippen LogP) is -0.267. The quantitative estimate of drug-likeness (QED) is 0.652. The summed E-state index contributed by atoms with van der Waals surface area (Å²) in [6.45, 7) is 4.77. The van der Waals surface area contributed by atoms with Gasteiger partial charge < -0.3 is 24.8 Å². The van der Waals surface area contributed by atoms with Crippen molar-refractivity contribution < 1.29 is 19.4 Å². The molecule has 110 valence electrons. The number of hydrogen-bond acceptors (Lipinski definition) is 5. The van der Waals surface area contributed by atoms with E-state index in [2.05, 4.69) is 5.32 Å². The summed E-state index contributed by atoms with van der Waals surface area (Å²) in [6, 6.07) is 0. The monoisotopic (exact) mass is 272 g/mol. The van der Waals surface area contributed by atoms with Crippen LogP contribution < -0.4 is 5.32 Å². The third-order valence-electron chi connectivity index (χ3n) is 2.68. The molecule has 19 heavy (non-hydrogen) atoms. The van der Waals surface area contributed by atoms with E-state index < -0.39 is 18.0 Å². The molecule has 2 atom stereocenters. The van der Waals surface area contributed by atoms with Crippen LogP contribution in [0.15, 0.2) is 12.2 Å². The van der Waals surface area contributed by atoms with E-state index in [9.17, 15) is 9.90 Å². The molecule has 0 spiro atoms. The number of carbonyl (C=O) groups excluding carboxylic acids is 1. The number of hydrogen-bond donors (Lipinski definition) is 2. The van der Waals surface area contributed by atoms with Crippen LogP contribution in [0.5, 0.6) is 0 Å². The van der Waals surface area contributed by atoms with Crippen LogP contribution in [0.25, 0.3) is 0 Å². The molecule has 1 aliphatic rings. The minimum Gasteiger partial charge on any atom is -0.388 e. The number of nitrogens with zero attached hydrogens (tertiary/aromatic N) is 1. The highest BCUT2D eigenvalue weighted by Gasteiger charge is 2.36. The Morgan fingerprint density at radius 3 is 2.79 bits per heavy atom. The minimum absolute atomic E-state index is 0.148. The minimum atomic E-state index is -0.770. The fourth-order valence-corrected chi connectivity index (χ4v) is 1.67. The van der Waals surface area contributed by atoms with Gasteiger partial charge in [-0.1, -0.05) is 6.08 Å². The van der Waals surface area contributed by atoms with Gasteiger partial charge in [0.25, 0.3) is 0 Å². The van der Waals surface area contributed by atoms with Crippen LogP contribution >= 0.6 is 0 Å². The average molecular weight is 272 g/mol. The summed E-state index contributed by atoms with van der Waals surface area (Å²) in [7, 11) is 3.84. The summed E-state index contributed by atoms with van der Waals surface area (Å²) in [5, 5.41) is 12.5. The van der Waals surface area contributed by atoms with Crippen molar-refractivity contribution in [2.24, 2.45) is 0 Å².